The van der Waals surface area contributed by atoms with Gasteiger partial charge >= 0.3 is 6.18 Å². The molecule has 1 heterocycles. The van der Waals surface area contributed by atoms with Gasteiger partial charge < -0.3 is 10.6 Å². The third-order valence-corrected chi connectivity index (χ3v) is 4.68. The third kappa shape index (κ3) is 4.80. The van der Waals surface area contributed by atoms with E-state index in [1.54, 1.807) is 42.9 Å². The first kappa shape index (κ1) is 22.6. The van der Waals surface area contributed by atoms with Gasteiger partial charge in [0.15, 0.2) is 0 Å². The van der Waals surface area contributed by atoms with Gasteiger partial charge in [0.25, 0.3) is 17.2 Å². The number of allylic oxidation sites excluding steroid dienone is 1. The average molecular weight is 444 g/mol. The number of rotatable bonds is 6. The van der Waals surface area contributed by atoms with Crippen molar-refractivity contribution in [3.63, 3.8) is 0 Å². The van der Waals surface area contributed by atoms with Gasteiger partial charge in [-0.15, -0.1) is 0 Å². The smallest absolute Gasteiger partial charge is 0.362 e. The van der Waals surface area contributed by atoms with E-state index in [1.165, 1.54) is 28.9 Å². The number of amides is 1. The van der Waals surface area contributed by atoms with E-state index in [1.807, 2.05) is 6.07 Å². The topological polar surface area (TPSA) is 85.1 Å². The van der Waals surface area contributed by atoms with Crippen molar-refractivity contribution in [3.8, 4) is 5.69 Å². The van der Waals surface area contributed by atoms with Crippen LogP contribution >= 0.6 is 0 Å². The Morgan fingerprint density at radius 2 is 1.72 bits per heavy atom. The summed E-state index contributed by atoms with van der Waals surface area (Å²) in [5.41, 5.74) is 1.32. The fourth-order valence-electron chi connectivity index (χ4n) is 2.96. The van der Waals surface area contributed by atoms with Crippen LogP contribution in [0.2, 0.25) is 0 Å². The van der Waals surface area contributed by atoms with E-state index in [0.717, 1.165) is 6.20 Å². The monoisotopic (exact) mass is 444 g/mol. The summed E-state index contributed by atoms with van der Waals surface area (Å²) in [4.78, 5) is 36.5. The molecule has 7 nitrogen and oxygen atoms in total. The number of anilines is 2. The molecule has 0 unspecified atom stereocenters. The normalized spacial score (nSPS) is 11.5. The number of hydrogen-bond acceptors (Lipinski definition) is 4. The van der Waals surface area contributed by atoms with Crippen molar-refractivity contribution in [2.75, 3.05) is 10.6 Å². The number of ketones is 1. The first-order valence-corrected chi connectivity index (χ1v) is 9.39. The van der Waals surface area contributed by atoms with Crippen LogP contribution in [0.3, 0.4) is 0 Å². The van der Waals surface area contributed by atoms with Crippen LogP contribution in [0.25, 0.3) is 5.69 Å². The summed E-state index contributed by atoms with van der Waals surface area (Å²) >= 11 is 0. The van der Waals surface area contributed by atoms with Crippen LogP contribution in [-0.2, 0) is 11.8 Å². The molecule has 0 aliphatic heterocycles. The third-order valence-electron chi connectivity index (χ3n) is 4.68. The van der Waals surface area contributed by atoms with Crippen molar-refractivity contribution in [1.82, 2.24) is 9.36 Å². The van der Waals surface area contributed by atoms with Crippen molar-refractivity contribution in [2.45, 2.75) is 13.1 Å². The van der Waals surface area contributed by atoms with Crippen LogP contribution in [0.15, 0.2) is 71.7 Å². The number of alkyl halides is 3. The predicted octanol–water partition coefficient (Wildman–Crippen LogP) is 3.79. The Bertz CT molecular complexity index is 1240. The number of para-hydroxylation sites is 1. The second-order valence-corrected chi connectivity index (χ2v) is 6.81. The number of carbonyl (C=O) groups is 2. The predicted molar refractivity (Wildman–Crippen MR) is 114 cm³/mol. The molecule has 3 aromatic rings. The number of carbonyl (C=O) groups excluding carboxylic acids is 2. The van der Waals surface area contributed by atoms with Gasteiger partial charge in [0.2, 0.25) is 0 Å². The van der Waals surface area contributed by atoms with Gasteiger partial charge in [-0.3, -0.25) is 19.1 Å². The Balaban J connectivity index is 1.80. The summed E-state index contributed by atoms with van der Waals surface area (Å²) < 4.78 is 39.8. The van der Waals surface area contributed by atoms with E-state index < -0.39 is 23.4 Å². The second kappa shape index (κ2) is 8.96. The van der Waals surface area contributed by atoms with Crippen LogP contribution < -0.4 is 16.2 Å². The molecule has 1 amide bonds. The van der Waals surface area contributed by atoms with Crippen LogP contribution in [0, 0.1) is 6.92 Å². The minimum atomic E-state index is -4.96. The number of benzene rings is 2. The fourth-order valence-corrected chi connectivity index (χ4v) is 2.96. The second-order valence-electron chi connectivity index (χ2n) is 6.81. The number of nitrogens with one attached hydrogen (secondary N) is 2. The van der Waals surface area contributed by atoms with E-state index in [2.05, 4.69) is 10.6 Å². The van der Waals surface area contributed by atoms with E-state index >= 15 is 0 Å². The molecule has 3 rings (SSSR count). The quantitative estimate of drug-likeness (QED) is 0.567. The lowest BCUT2D eigenvalue weighted by molar-refractivity contribution is -0.165. The summed E-state index contributed by atoms with van der Waals surface area (Å²) in [7, 11) is 1.69. The fraction of sp³-hybridized carbons (Fsp3) is 0.136. The molecule has 32 heavy (non-hydrogen) atoms. The van der Waals surface area contributed by atoms with Crippen molar-refractivity contribution in [1.29, 1.82) is 0 Å². The molecular weight excluding hydrogens is 425 g/mol. The van der Waals surface area contributed by atoms with Gasteiger partial charge in [-0.1, -0.05) is 24.3 Å². The molecule has 2 N–H and O–H groups in total. The maximum atomic E-state index is 12.9. The van der Waals surface area contributed by atoms with E-state index in [4.69, 9.17) is 0 Å². The van der Waals surface area contributed by atoms with Crippen molar-refractivity contribution in [3.05, 3.63) is 88.5 Å². The van der Waals surface area contributed by atoms with Gasteiger partial charge in [0.05, 0.1) is 11.4 Å². The van der Waals surface area contributed by atoms with Crippen molar-refractivity contribution < 1.29 is 22.8 Å². The molecule has 0 aliphatic carbocycles. The molecule has 0 atom stereocenters. The molecule has 0 aliphatic rings. The number of aromatic nitrogens is 2. The van der Waals surface area contributed by atoms with Gasteiger partial charge in [0.1, 0.15) is 5.69 Å². The van der Waals surface area contributed by atoms with E-state index in [0.29, 0.717) is 17.5 Å². The number of halogens is 3. The minimum Gasteiger partial charge on any atom is -0.362 e. The van der Waals surface area contributed by atoms with Crippen LogP contribution in [0.4, 0.5) is 24.5 Å². The minimum absolute atomic E-state index is 0.107. The van der Waals surface area contributed by atoms with Gasteiger partial charge in [0, 0.05) is 30.6 Å². The summed E-state index contributed by atoms with van der Waals surface area (Å²) in [5.74, 6) is -2.58. The van der Waals surface area contributed by atoms with Gasteiger partial charge in [-0.2, -0.15) is 13.2 Å². The standard InChI is InChI=1S/C22H19F3N4O3/c1-14-19(21(32)29(28(14)2)17-9-4-3-5-10-17)27-20(31)15-7-6-8-16(13-15)26-12-11-18(30)22(23,24)25/h3-13,26H,1-2H3,(H,27,31)/b12-11-. The molecular formula is C22H19F3N4O3. The summed E-state index contributed by atoms with van der Waals surface area (Å²) in [6.07, 6.45) is -3.76. The van der Waals surface area contributed by atoms with E-state index in [-0.39, 0.29) is 16.9 Å². The van der Waals surface area contributed by atoms with Gasteiger partial charge in [-0.05, 0) is 37.3 Å². The zero-order valence-corrected chi connectivity index (χ0v) is 17.1. The zero-order valence-electron chi connectivity index (χ0n) is 17.1. The van der Waals surface area contributed by atoms with Crippen LogP contribution in [0.5, 0.6) is 0 Å². The highest BCUT2D eigenvalue weighted by Gasteiger charge is 2.36. The average Bonchev–Trinajstić information content (AvgIpc) is 2.97. The Labute approximate surface area is 180 Å². The largest absolute Gasteiger partial charge is 0.454 e. The maximum absolute atomic E-state index is 12.9. The first-order valence-electron chi connectivity index (χ1n) is 9.39. The highest BCUT2D eigenvalue weighted by molar-refractivity contribution is 6.05. The molecule has 0 spiro atoms. The van der Waals surface area contributed by atoms with Crippen LogP contribution in [0.1, 0.15) is 16.1 Å². The van der Waals surface area contributed by atoms with Crippen molar-refractivity contribution in [2.24, 2.45) is 7.05 Å². The molecule has 1 aromatic heterocycles. The van der Waals surface area contributed by atoms with Crippen LogP contribution in [-0.4, -0.2) is 27.2 Å². The van der Waals surface area contributed by atoms with E-state index in [9.17, 15) is 27.6 Å². The lowest BCUT2D eigenvalue weighted by Gasteiger charge is -2.07. The van der Waals surface area contributed by atoms with Gasteiger partial charge in [-0.25, -0.2) is 4.68 Å². The summed E-state index contributed by atoms with van der Waals surface area (Å²) in [5, 5.41) is 5.12. The molecule has 166 valence electrons. The highest BCUT2D eigenvalue weighted by Crippen LogP contribution is 2.18. The lowest BCUT2D eigenvalue weighted by atomic mass is 10.2. The zero-order chi connectivity index (χ0) is 23.5. The molecule has 0 fully saturated rings. The molecule has 10 heteroatoms. The SMILES string of the molecule is Cc1c(NC(=O)c2cccc(N/C=C\C(=O)C(F)(F)F)c2)c(=O)n(-c2ccccc2)n1C. The molecule has 0 bridgehead atoms. The molecule has 2 aromatic carbocycles. The lowest BCUT2D eigenvalue weighted by Crippen LogP contribution is -2.23. The maximum Gasteiger partial charge on any atom is 0.454 e. The summed E-state index contributed by atoms with van der Waals surface area (Å²) in [6, 6.07) is 14.8. The Morgan fingerprint density at radius 3 is 2.38 bits per heavy atom. The van der Waals surface area contributed by atoms with Crippen molar-refractivity contribution >= 4 is 23.1 Å². The Morgan fingerprint density at radius 1 is 1.03 bits per heavy atom. The highest BCUT2D eigenvalue weighted by atomic mass is 19.4. The summed E-state index contributed by atoms with van der Waals surface area (Å²) in [6.45, 7) is 1.69. The number of hydrogen-bond donors (Lipinski definition) is 2. The molecule has 0 saturated heterocycles. The molecule has 0 saturated carbocycles. The Kier molecular flexibility index (Phi) is 6.33. The number of nitrogens with zero attached hydrogens (tertiary/aromatic N) is 2. The molecule has 0 radical (unpaired) electrons. The Hall–Kier alpha value is -4.08. The first-order chi connectivity index (χ1) is 15.1.